The highest BCUT2D eigenvalue weighted by Crippen LogP contribution is 2.27. The van der Waals surface area contributed by atoms with Crippen LogP contribution >= 0.6 is 0 Å². The van der Waals surface area contributed by atoms with Gasteiger partial charge in [0.05, 0.1) is 7.11 Å². The van der Waals surface area contributed by atoms with Gasteiger partial charge in [-0.2, -0.15) is 0 Å². The van der Waals surface area contributed by atoms with Crippen molar-refractivity contribution in [2.45, 2.75) is 6.04 Å². The summed E-state index contributed by atoms with van der Waals surface area (Å²) in [5.41, 5.74) is 1.06. The van der Waals surface area contributed by atoms with E-state index in [0.717, 1.165) is 11.3 Å². The Kier molecular flexibility index (Phi) is 5.41. The molecule has 2 N–H and O–H groups in total. The quantitative estimate of drug-likeness (QED) is 0.774. The van der Waals surface area contributed by atoms with Crippen LogP contribution in [0.1, 0.15) is 11.6 Å². The monoisotopic (exact) mass is 239 g/mol. The van der Waals surface area contributed by atoms with Crippen LogP contribution in [-0.4, -0.2) is 49.5 Å². The summed E-state index contributed by atoms with van der Waals surface area (Å²) >= 11 is 0. The molecule has 96 valence electrons. The molecule has 1 atom stereocenters. The van der Waals surface area contributed by atoms with E-state index in [-0.39, 0.29) is 25.2 Å². The van der Waals surface area contributed by atoms with Gasteiger partial charge in [-0.15, -0.1) is 0 Å². The van der Waals surface area contributed by atoms with Crippen LogP contribution in [0.25, 0.3) is 0 Å². The lowest BCUT2D eigenvalue weighted by molar-refractivity contribution is 0.0808. The molecule has 0 spiro atoms. The first kappa shape index (κ1) is 14.0. The summed E-state index contributed by atoms with van der Waals surface area (Å²) in [5.74, 6) is 0.620. The Hall–Kier alpha value is -1.10. The molecule has 0 fully saturated rings. The minimum atomic E-state index is -0.182. The van der Waals surface area contributed by atoms with Gasteiger partial charge >= 0.3 is 0 Å². The van der Waals surface area contributed by atoms with E-state index in [4.69, 9.17) is 4.74 Å². The average Bonchev–Trinajstić information content (AvgIpc) is 2.35. The van der Waals surface area contributed by atoms with Crippen LogP contribution in [0.3, 0.4) is 0 Å². The Morgan fingerprint density at radius 2 is 1.65 bits per heavy atom. The molecule has 1 aromatic carbocycles. The Bertz CT molecular complexity index is 320. The number of aliphatic hydroxyl groups is 2. The number of rotatable bonds is 6. The molecule has 1 unspecified atom stereocenters. The Morgan fingerprint density at radius 3 is 2.00 bits per heavy atom. The van der Waals surface area contributed by atoms with Gasteiger partial charge in [0.25, 0.3) is 0 Å². The molecule has 0 saturated heterocycles. The predicted octanol–water partition coefficient (Wildman–Crippen LogP) is 0.899. The van der Waals surface area contributed by atoms with Gasteiger partial charge < -0.3 is 19.8 Å². The van der Waals surface area contributed by atoms with E-state index in [1.54, 1.807) is 7.11 Å². The van der Waals surface area contributed by atoms with E-state index in [2.05, 4.69) is 0 Å². The topological polar surface area (TPSA) is 52.9 Å². The summed E-state index contributed by atoms with van der Waals surface area (Å²) in [6.45, 7) is -0.0727. The lowest BCUT2D eigenvalue weighted by Gasteiger charge is -2.30. The van der Waals surface area contributed by atoms with Crippen molar-refractivity contribution >= 4 is 0 Å². The van der Waals surface area contributed by atoms with Gasteiger partial charge in [-0.25, -0.2) is 0 Å². The van der Waals surface area contributed by atoms with Gasteiger partial charge in [0.2, 0.25) is 0 Å². The smallest absolute Gasteiger partial charge is 0.118 e. The van der Waals surface area contributed by atoms with Gasteiger partial charge in [0.15, 0.2) is 0 Å². The molecule has 0 heterocycles. The maximum Gasteiger partial charge on any atom is 0.118 e. The number of hydrogen-bond donors (Lipinski definition) is 2. The summed E-state index contributed by atoms with van der Waals surface area (Å²) in [6, 6.07) is 7.69. The number of methoxy groups -OCH3 is 1. The van der Waals surface area contributed by atoms with Crippen LogP contribution < -0.4 is 4.74 Å². The van der Waals surface area contributed by atoms with Gasteiger partial charge in [0, 0.05) is 25.2 Å². The second-order valence-electron chi connectivity index (χ2n) is 4.31. The summed E-state index contributed by atoms with van der Waals surface area (Å²) in [6.07, 6.45) is 0. The van der Waals surface area contributed by atoms with Crippen molar-refractivity contribution in [2.75, 3.05) is 34.4 Å². The number of nitrogens with zero attached hydrogens (tertiary/aromatic N) is 1. The third-order valence-electron chi connectivity index (χ3n) is 2.93. The normalized spacial score (nSPS) is 13.1. The molecule has 0 aliphatic heterocycles. The largest absolute Gasteiger partial charge is 0.497 e. The van der Waals surface area contributed by atoms with E-state index in [0.29, 0.717) is 0 Å². The fourth-order valence-electron chi connectivity index (χ4n) is 2.05. The molecule has 0 aliphatic carbocycles. The molecule has 0 saturated carbocycles. The van der Waals surface area contributed by atoms with Crippen molar-refractivity contribution in [2.24, 2.45) is 5.92 Å². The maximum atomic E-state index is 9.30. The van der Waals surface area contributed by atoms with Crippen LogP contribution in [0.2, 0.25) is 0 Å². The Balaban J connectivity index is 2.96. The highest BCUT2D eigenvalue weighted by molar-refractivity contribution is 5.29. The van der Waals surface area contributed by atoms with Crippen LogP contribution in [0.15, 0.2) is 24.3 Å². The zero-order chi connectivity index (χ0) is 12.8. The van der Waals surface area contributed by atoms with Gasteiger partial charge in [-0.1, -0.05) is 12.1 Å². The predicted molar refractivity (Wildman–Crippen MR) is 67.1 cm³/mol. The summed E-state index contributed by atoms with van der Waals surface area (Å²) < 4.78 is 5.11. The van der Waals surface area contributed by atoms with Crippen LogP contribution in [0.4, 0.5) is 0 Å². The standard InChI is InChI=1S/C13H21NO3/c1-14(2)13(11(8-15)9-16)10-4-6-12(17-3)7-5-10/h4-7,11,13,15-16H,8-9H2,1-3H3. The lowest BCUT2D eigenvalue weighted by atomic mass is 9.93. The first-order valence-corrected chi connectivity index (χ1v) is 5.66. The van der Waals surface area contributed by atoms with E-state index in [9.17, 15) is 10.2 Å². The van der Waals surface area contributed by atoms with E-state index in [1.807, 2.05) is 43.3 Å². The van der Waals surface area contributed by atoms with Crippen molar-refractivity contribution in [3.8, 4) is 5.75 Å². The van der Waals surface area contributed by atoms with Crippen molar-refractivity contribution in [3.05, 3.63) is 29.8 Å². The minimum absolute atomic E-state index is 0.00379. The number of hydrogen-bond acceptors (Lipinski definition) is 4. The first-order chi connectivity index (χ1) is 8.13. The number of benzene rings is 1. The number of aliphatic hydroxyl groups excluding tert-OH is 2. The molecular weight excluding hydrogens is 218 g/mol. The molecule has 0 aromatic heterocycles. The highest BCUT2D eigenvalue weighted by Gasteiger charge is 2.23. The van der Waals surface area contributed by atoms with Crippen molar-refractivity contribution in [1.29, 1.82) is 0 Å². The number of ether oxygens (including phenoxy) is 1. The molecule has 4 nitrogen and oxygen atoms in total. The molecule has 1 aromatic rings. The van der Waals surface area contributed by atoms with E-state index < -0.39 is 0 Å². The fourth-order valence-corrected chi connectivity index (χ4v) is 2.05. The molecule has 4 heteroatoms. The second-order valence-corrected chi connectivity index (χ2v) is 4.31. The molecular formula is C13H21NO3. The summed E-state index contributed by atoms with van der Waals surface area (Å²) in [4.78, 5) is 2.00. The zero-order valence-corrected chi connectivity index (χ0v) is 10.6. The highest BCUT2D eigenvalue weighted by atomic mass is 16.5. The molecule has 0 amide bonds. The van der Waals surface area contributed by atoms with Crippen molar-refractivity contribution < 1.29 is 14.9 Å². The van der Waals surface area contributed by atoms with Gasteiger partial charge in [0.1, 0.15) is 5.75 Å². The zero-order valence-electron chi connectivity index (χ0n) is 10.6. The first-order valence-electron chi connectivity index (χ1n) is 5.66. The summed E-state index contributed by atoms with van der Waals surface area (Å²) in [5, 5.41) is 18.6. The third-order valence-corrected chi connectivity index (χ3v) is 2.93. The molecule has 17 heavy (non-hydrogen) atoms. The Labute approximate surface area is 102 Å². The summed E-state index contributed by atoms with van der Waals surface area (Å²) in [7, 11) is 5.50. The second kappa shape index (κ2) is 6.59. The SMILES string of the molecule is COc1ccc(C(C(CO)CO)N(C)C)cc1. The van der Waals surface area contributed by atoms with Gasteiger partial charge in [-0.05, 0) is 31.8 Å². The molecule has 0 aliphatic rings. The minimum Gasteiger partial charge on any atom is -0.497 e. The van der Waals surface area contributed by atoms with E-state index in [1.165, 1.54) is 0 Å². The Morgan fingerprint density at radius 1 is 1.12 bits per heavy atom. The van der Waals surface area contributed by atoms with Crippen LogP contribution in [0.5, 0.6) is 5.75 Å². The maximum absolute atomic E-state index is 9.30. The lowest BCUT2D eigenvalue weighted by Crippen LogP contribution is -2.31. The van der Waals surface area contributed by atoms with Crippen LogP contribution in [0, 0.1) is 5.92 Å². The molecule has 1 rings (SSSR count). The third kappa shape index (κ3) is 3.43. The van der Waals surface area contributed by atoms with Crippen molar-refractivity contribution in [1.82, 2.24) is 4.90 Å². The average molecular weight is 239 g/mol. The molecule has 0 radical (unpaired) electrons. The van der Waals surface area contributed by atoms with Crippen LogP contribution in [-0.2, 0) is 0 Å². The van der Waals surface area contributed by atoms with Gasteiger partial charge in [-0.3, -0.25) is 0 Å². The van der Waals surface area contributed by atoms with Crippen molar-refractivity contribution in [3.63, 3.8) is 0 Å². The molecule has 0 bridgehead atoms. The van der Waals surface area contributed by atoms with E-state index >= 15 is 0 Å². The fraction of sp³-hybridized carbons (Fsp3) is 0.538.